The highest BCUT2D eigenvalue weighted by molar-refractivity contribution is 6.29. The zero-order chi connectivity index (χ0) is 12.3. The smallest absolute Gasteiger partial charge is 0.178 e. The zero-order valence-corrected chi connectivity index (χ0v) is 11.0. The first kappa shape index (κ1) is 12.3. The summed E-state index contributed by atoms with van der Waals surface area (Å²) < 4.78 is 1.78. The van der Waals surface area contributed by atoms with Crippen LogP contribution < -0.4 is 0 Å². The summed E-state index contributed by atoms with van der Waals surface area (Å²) in [4.78, 5) is 0. The quantitative estimate of drug-likeness (QED) is 0.819. The molecule has 0 N–H and O–H groups in total. The van der Waals surface area contributed by atoms with E-state index in [-0.39, 0.29) is 0 Å². The molecule has 2 rings (SSSR count). The molecule has 0 unspecified atom stereocenters. The van der Waals surface area contributed by atoms with E-state index in [2.05, 4.69) is 29.1 Å². The number of rotatable bonds is 5. The Bertz CT molecular complexity index is 488. The van der Waals surface area contributed by atoms with Crippen LogP contribution in [0, 0.1) is 0 Å². The molecule has 0 aromatic carbocycles. The second kappa shape index (κ2) is 5.45. The van der Waals surface area contributed by atoms with Gasteiger partial charge in [-0.2, -0.15) is 9.61 Å². The van der Waals surface area contributed by atoms with Crippen LogP contribution in [-0.2, 0) is 0 Å². The Labute approximate surface area is 106 Å². The van der Waals surface area contributed by atoms with Gasteiger partial charge in [0.2, 0.25) is 0 Å². The molecule has 92 valence electrons. The van der Waals surface area contributed by atoms with Gasteiger partial charge >= 0.3 is 0 Å². The molecule has 0 fully saturated rings. The minimum Gasteiger partial charge on any atom is -0.196 e. The van der Waals surface area contributed by atoms with Crippen LogP contribution in [0.25, 0.3) is 5.65 Å². The third-order valence-electron chi connectivity index (χ3n) is 2.89. The number of aromatic nitrogens is 4. The Morgan fingerprint density at radius 3 is 2.53 bits per heavy atom. The second-order valence-corrected chi connectivity index (χ2v) is 4.65. The van der Waals surface area contributed by atoms with Crippen LogP contribution in [0.15, 0.2) is 12.1 Å². The molecule has 0 saturated heterocycles. The van der Waals surface area contributed by atoms with Crippen LogP contribution in [0.2, 0.25) is 5.15 Å². The number of fused-ring (bicyclic) bond motifs is 1. The Balaban J connectivity index is 2.41. The fourth-order valence-corrected chi connectivity index (χ4v) is 2.28. The Kier molecular flexibility index (Phi) is 3.94. The second-order valence-electron chi connectivity index (χ2n) is 4.26. The van der Waals surface area contributed by atoms with Gasteiger partial charge in [-0.05, 0) is 25.0 Å². The van der Waals surface area contributed by atoms with Gasteiger partial charge in [0.1, 0.15) is 5.15 Å². The molecule has 0 aliphatic heterocycles. The lowest BCUT2D eigenvalue weighted by Gasteiger charge is -2.12. The molecule has 2 aromatic heterocycles. The van der Waals surface area contributed by atoms with Gasteiger partial charge in [-0.25, -0.2) is 0 Å². The number of hydrogen-bond donors (Lipinski definition) is 0. The van der Waals surface area contributed by atoms with E-state index in [4.69, 9.17) is 11.6 Å². The fourth-order valence-electron chi connectivity index (χ4n) is 2.14. The van der Waals surface area contributed by atoms with Gasteiger partial charge in [-0.3, -0.25) is 0 Å². The Morgan fingerprint density at radius 1 is 1.18 bits per heavy atom. The maximum atomic E-state index is 5.92. The third-order valence-corrected chi connectivity index (χ3v) is 3.10. The topological polar surface area (TPSA) is 43.1 Å². The molecule has 5 heteroatoms. The highest BCUT2D eigenvalue weighted by atomic mass is 35.5. The fraction of sp³-hybridized carbons (Fsp3) is 0.583. The van der Waals surface area contributed by atoms with Gasteiger partial charge in [0.25, 0.3) is 0 Å². The summed E-state index contributed by atoms with van der Waals surface area (Å²) in [6, 6.07) is 3.59. The number of halogens is 1. The summed E-state index contributed by atoms with van der Waals surface area (Å²) in [5.41, 5.74) is 0.765. The lowest BCUT2D eigenvalue weighted by atomic mass is 9.98. The minimum atomic E-state index is 0.422. The van der Waals surface area contributed by atoms with Crippen molar-refractivity contribution in [2.45, 2.75) is 45.4 Å². The van der Waals surface area contributed by atoms with Crippen molar-refractivity contribution in [2.24, 2.45) is 0 Å². The molecule has 0 atom stereocenters. The van der Waals surface area contributed by atoms with Crippen LogP contribution in [0.4, 0.5) is 0 Å². The summed E-state index contributed by atoms with van der Waals surface area (Å²) in [6.45, 7) is 4.37. The first-order chi connectivity index (χ1) is 8.26. The summed E-state index contributed by atoms with van der Waals surface area (Å²) in [7, 11) is 0. The number of nitrogens with zero attached hydrogens (tertiary/aromatic N) is 4. The van der Waals surface area contributed by atoms with Gasteiger partial charge < -0.3 is 0 Å². The predicted octanol–water partition coefficient (Wildman–Crippen LogP) is 3.46. The van der Waals surface area contributed by atoms with Crippen LogP contribution in [0.3, 0.4) is 0 Å². The molecule has 0 saturated carbocycles. The van der Waals surface area contributed by atoms with Gasteiger partial charge in [0, 0.05) is 5.92 Å². The molecule has 0 spiro atoms. The van der Waals surface area contributed by atoms with Crippen LogP contribution in [-0.4, -0.2) is 19.8 Å². The lowest BCUT2D eigenvalue weighted by molar-refractivity contribution is 0.521. The van der Waals surface area contributed by atoms with Gasteiger partial charge in [-0.15, -0.1) is 10.2 Å². The standard InChI is InChI=1S/C12H17ClN4/c1-3-5-9(6-4-2)12-15-14-11-8-7-10(13)16-17(11)12/h7-9H,3-6H2,1-2H3. The van der Waals surface area contributed by atoms with Crippen molar-refractivity contribution >= 4 is 17.2 Å². The van der Waals surface area contributed by atoms with E-state index in [9.17, 15) is 0 Å². The van der Waals surface area contributed by atoms with Crippen molar-refractivity contribution in [3.8, 4) is 0 Å². The molecule has 0 bridgehead atoms. The van der Waals surface area contributed by atoms with Crippen molar-refractivity contribution in [3.63, 3.8) is 0 Å². The van der Waals surface area contributed by atoms with E-state index in [1.165, 1.54) is 0 Å². The van der Waals surface area contributed by atoms with Crippen molar-refractivity contribution in [1.82, 2.24) is 19.8 Å². The van der Waals surface area contributed by atoms with Crippen molar-refractivity contribution in [3.05, 3.63) is 23.1 Å². The van der Waals surface area contributed by atoms with E-state index in [1.807, 2.05) is 6.07 Å². The molecule has 17 heavy (non-hydrogen) atoms. The molecule has 0 aliphatic carbocycles. The molecule has 2 aromatic rings. The maximum Gasteiger partial charge on any atom is 0.178 e. The monoisotopic (exact) mass is 252 g/mol. The van der Waals surface area contributed by atoms with Crippen molar-refractivity contribution in [2.75, 3.05) is 0 Å². The van der Waals surface area contributed by atoms with Crippen LogP contribution in [0.5, 0.6) is 0 Å². The largest absolute Gasteiger partial charge is 0.196 e. The zero-order valence-electron chi connectivity index (χ0n) is 10.2. The lowest BCUT2D eigenvalue weighted by Crippen LogP contribution is -2.06. The summed E-state index contributed by atoms with van der Waals surface area (Å²) in [6.07, 6.45) is 4.51. The first-order valence-corrected chi connectivity index (χ1v) is 6.52. The minimum absolute atomic E-state index is 0.422. The molecule has 0 amide bonds. The van der Waals surface area contributed by atoms with Crippen LogP contribution >= 0.6 is 11.6 Å². The number of hydrogen-bond acceptors (Lipinski definition) is 3. The van der Waals surface area contributed by atoms with E-state index in [0.29, 0.717) is 11.1 Å². The van der Waals surface area contributed by atoms with E-state index in [1.54, 1.807) is 10.6 Å². The van der Waals surface area contributed by atoms with E-state index >= 15 is 0 Å². The summed E-state index contributed by atoms with van der Waals surface area (Å²) >= 11 is 5.92. The van der Waals surface area contributed by atoms with Gasteiger partial charge in [0.15, 0.2) is 11.5 Å². The Hall–Kier alpha value is -1.16. The van der Waals surface area contributed by atoms with E-state index < -0.39 is 0 Å². The first-order valence-electron chi connectivity index (χ1n) is 6.14. The SMILES string of the molecule is CCCC(CCC)c1nnc2ccc(Cl)nn12. The summed E-state index contributed by atoms with van der Waals surface area (Å²) in [5, 5.41) is 13.2. The van der Waals surface area contributed by atoms with E-state index in [0.717, 1.165) is 37.2 Å². The predicted molar refractivity (Wildman–Crippen MR) is 68.3 cm³/mol. The molecule has 4 nitrogen and oxygen atoms in total. The van der Waals surface area contributed by atoms with Crippen LogP contribution in [0.1, 0.15) is 51.3 Å². The van der Waals surface area contributed by atoms with Crippen molar-refractivity contribution < 1.29 is 0 Å². The molecule has 0 aliphatic rings. The summed E-state index contributed by atoms with van der Waals surface area (Å²) in [5.74, 6) is 1.36. The average Bonchev–Trinajstić information content (AvgIpc) is 2.71. The molecule has 0 radical (unpaired) electrons. The Morgan fingerprint density at radius 2 is 1.88 bits per heavy atom. The molecule has 2 heterocycles. The average molecular weight is 253 g/mol. The highest BCUT2D eigenvalue weighted by Crippen LogP contribution is 2.25. The molecular weight excluding hydrogens is 236 g/mol. The maximum absolute atomic E-state index is 5.92. The van der Waals surface area contributed by atoms with Gasteiger partial charge in [-0.1, -0.05) is 38.3 Å². The normalized spacial score (nSPS) is 11.5. The van der Waals surface area contributed by atoms with Crippen molar-refractivity contribution in [1.29, 1.82) is 0 Å². The third kappa shape index (κ3) is 2.57. The molecular formula is C12H17ClN4. The van der Waals surface area contributed by atoms with Gasteiger partial charge in [0.05, 0.1) is 0 Å². The highest BCUT2D eigenvalue weighted by Gasteiger charge is 2.17.